The first-order valence-corrected chi connectivity index (χ1v) is 7.24. The van der Waals surface area contributed by atoms with E-state index in [0.29, 0.717) is 16.7 Å². The Morgan fingerprint density at radius 3 is 2.36 bits per heavy atom. The highest BCUT2D eigenvalue weighted by molar-refractivity contribution is 5.90. The van der Waals surface area contributed by atoms with E-state index in [0.717, 1.165) is 0 Å². The maximum atomic E-state index is 11.8. The van der Waals surface area contributed by atoms with Crippen LogP contribution < -0.4 is 4.74 Å². The Kier molecular flexibility index (Phi) is 5.62. The number of hydrogen-bond donors (Lipinski definition) is 0. The molecule has 0 bridgehead atoms. The standard InChI is InChI=1S/C18H15NO6/c1-12-11-15(8-9-16(12)19(22)23)25-17(20)10-5-13-3-6-14(7-4-13)18(21)24-2/h3-11H,1-2H3. The number of esters is 2. The molecule has 2 aromatic carbocycles. The molecule has 128 valence electrons. The fourth-order valence-electron chi connectivity index (χ4n) is 2.06. The van der Waals surface area contributed by atoms with Crippen LogP contribution in [-0.4, -0.2) is 24.0 Å². The summed E-state index contributed by atoms with van der Waals surface area (Å²) in [6, 6.07) is 10.6. The predicted octanol–water partition coefficient (Wildman–Crippen LogP) is 3.31. The third-order valence-electron chi connectivity index (χ3n) is 3.33. The summed E-state index contributed by atoms with van der Waals surface area (Å²) in [5.74, 6) is -0.840. The van der Waals surface area contributed by atoms with Crippen molar-refractivity contribution in [3.8, 4) is 5.75 Å². The quantitative estimate of drug-likeness (QED) is 0.272. The second-order valence-corrected chi connectivity index (χ2v) is 5.07. The van der Waals surface area contributed by atoms with Crippen molar-refractivity contribution in [1.29, 1.82) is 0 Å². The van der Waals surface area contributed by atoms with E-state index >= 15 is 0 Å². The van der Waals surface area contributed by atoms with Crippen LogP contribution in [0.5, 0.6) is 5.75 Å². The summed E-state index contributed by atoms with van der Waals surface area (Å²) in [6.07, 6.45) is 2.76. The average Bonchev–Trinajstić information content (AvgIpc) is 2.59. The number of ether oxygens (including phenoxy) is 2. The lowest BCUT2D eigenvalue weighted by atomic mass is 10.1. The fraction of sp³-hybridized carbons (Fsp3) is 0.111. The van der Waals surface area contributed by atoms with Gasteiger partial charge in [0.05, 0.1) is 17.6 Å². The van der Waals surface area contributed by atoms with E-state index in [2.05, 4.69) is 4.74 Å². The van der Waals surface area contributed by atoms with Gasteiger partial charge < -0.3 is 9.47 Å². The summed E-state index contributed by atoms with van der Waals surface area (Å²) >= 11 is 0. The van der Waals surface area contributed by atoms with Crippen molar-refractivity contribution in [3.05, 3.63) is 75.3 Å². The van der Waals surface area contributed by atoms with Crippen LogP contribution in [-0.2, 0) is 9.53 Å². The van der Waals surface area contributed by atoms with E-state index in [1.165, 1.54) is 37.5 Å². The first-order chi connectivity index (χ1) is 11.9. The molecular weight excluding hydrogens is 326 g/mol. The molecule has 0 saturated heterocycles. The molecule has 2 aromatic rings. The van der Waals surface area contributed by atoms with Gasteiger partial charge in [-0.2, -0.15) is 0 Å². The number of nitro benzene ring substituents is 1. The topological polar surface area (TPSA) is 95.7 Å². The summed E-state index contributed by atoms with van der Waals surface area (Å²) < 4.78 is 9.71. The molecule has 0 heterocycles. The molecule has 0 radical (unpaired) electrons. The molecule has 0 aliphatic heterocycles. The lowest BCUT2D eigenvalue weighted by molar-refractivity contribution is -0.385. The Hall–Kier alpha value is -3.48. The van der Waals surface area contributed by atoms with Crippen molar-refractivity contribution in [3.63, 3.8) is 0 Å². The zero-order valence-corrected chi connectivity index (χ0v) is 13.6. The summed E-state index contributed by atoms with van der Waals surface area (Å²) in [4.78, 5) is 33.4. The molecule has 2 rings (SSSR count). The minimum atomic E-state index is -0.620. The number of benzene rings is 2. The lowest BCUT2D eigenvalue weighted by Gasteiger charge is -2.03. The lowest BCUT2D eigenvalue weighted by Crippen LogP contribution is -2.04. The molecular formula is C18H15NO6. The summed E-state index contributed by atoms with van der Waals surface area (Å²) in [5.41, 5.74) is 1.46. The molecule has 0 aliphatic rings. The zero-order chi connectivity index (χ0) is 18.4. The molecule has 25 heavy (non-hydrogen) atoms. The van der Waals surface area contributed by atoms with Gasteiger partial charge in [0.2, 0.25) is 0 Å². The SMILES string of the molecule is COC(=O)c1ccc(C=CC(=O)Oc2ccc([N+](=O)[O-])c(C)c2)cc1. The first-order valence-electron chi connectivity index (χ1n) is 7.24. The highest BCUT2D eigenvalue weighted by atomic mass is 16.6. The minimum absolute atomic E-state index is 0.0407. The fourth-order valence-corrected chi connectivity index (χ4v) is 2.06. The van der Waals surface area contributed by atoms with Gasteiger partial charge in [-0.3, -0.25) is 10.1 Å². The third kappa shape index (κ3) is 4.74. The maximum Gasteiger partial charge on any atom is 0.337 e. The van der Waals surface area contributed by atoms with E-state index in [1.807, 2.05) is 0 Å². The summed E-state index contributed by atoms with van der Waals surface area (Å²) in [5, 5.41) is 10.8. The van der Waals surface area contributed by atoms with Gasteiger partial charge in [0.15, 0.2) is 0 Å². The molecule has 0 aliphatic carbocycles. The van der Waals surface area contributed by atoms with Gasteiger partial charge >= 0.3 is 11.9 Å². The van der Waals surface area contributed by atoms with Crippen LogP contribution in [0.25, 0.3) is 6.08 Å². The molecule has 0 N–H and O–H groups in total. The van der Waals surface area contributed by atoms with Crippen molar-refractivity contribution in [2.24, 2.45) is 0 Å². The Bertz CT molecular complexity index is 839. The summed E-state index contributed by atoms with van der Waals surface area (Å²) in [6.45, 7) is 1.56. The second kappa shape index (κ2) is 7.87. The molecule has 7 heteroatoms. The number of carbonyl (C=O) groups is 2. The monoisotopic (exact) mass is 341 g/mol. The average molecular weight is 341 g/mol. The van der Waals surface area contributed by atoms with Gasteiger partial charge in [-0.25, -0.2) is 9.59 Å². The number of methoxy groups -OCH3 is 1. The Morgan fingerprint density at radius 2 is 1.80 bits per heavy atom. The van der Waals surface area contributed by atoms with Crippen molar-refractivity contribution < 1.29 is 24.0 Å². The predicted molar refractivity (Wildman–Crippen MR) is 90.3 cm³/mol. The number of rotatable bonds is 5. The smallest absolute Gasteiger partial charge is 0.337 e. The van der Waals surface area contributed by atoms with Crippen molar-refractivity contribution in [1.82, 2.24) is 0 Å². The summed E-state index contributed by atoms with van der Waals surface area (Å²) in [7, 11) is 1.30. The van der Waals surface area contributed by atoms with Gasteiger partial charge in [0.25, 0.3) is 5.69 Å². The highest BCUT2D eigenvalue weighted by Gasteiger charge is 2.11. The molecule has 0 fully saturated rings. The molecule has 7 nitrogen and oxygen atoms in total. The number of nitro groups is 1. The number of hydrogen-bond acceptors (Lipinski definition) is 6. The third-order valence-corrected chi connectivity index (χ3v) is 3.33. The molecule has 0 unspecified atom stereocenters. The zero-order valence-electron chi connectivity index (χ0n) is 13.6. The van der Waals surface area contributed by atoms with Crippen molar-refractivity contribution in [2.45, 2.75) is 6.92 Å². The molecule has 0 amide bonds. The molecule has 0 spiro atoms. The van der Waals surface area contributed by atoms with Crippen molar-refractivity contribution in [2.75, 3.05) is 7.11 Å². The van der Waals surface area contributed by atoms with Crippen molar-refractivity contribution >= 4 is 23.7 Å². The van der Waals surface area contributed by atoms with E-state index in [4.69, 9.17) is 4.74 Å². The van der Waals surface area contributed by atoms with Gasteiger partial charge in [-0.1, -0.05) is 12.1 Å². The number of carbonyl (C=O) groups excluding carboxylic acids is 2. The minimum Gasteiger partial charge on any atom is -0.465 e. The molecule has 0 aromatic heterocycles. The van der Waals surface area contributed by atoms with Crippen LogP contribution in [0.3, 0.4) is 0 Å². The van der Waals surface area contributed by atoms with Crippen LogP contribution in [0.1, 0.15) is 21.5 Å². The second-order valence-electron chi connectivity index (χ2n) is 5.07. The van der Waals surface area contributed by atoms with E-state index < -0.39 is 16.9 Å². The van der Waals surface area contributed by atoms with E-state index in [1.54, 1.807) is 31.2 Å². The highest BCUT2D eigenvalue weighted by Crippen LogP contribution is 2.23. The maximum absolute atomic E-state index is 11.8. The Balaban J connectivity index is 2.02. The van der Waals surface area contributed by atoms with Gasteiger partial charge in [0.1, 0.15) is 5.75 Å². The van der Waals surface area contributed by atoms with Crippen LogP contribution in [0.2, 0.25) is 0 Å². The van der Waals surface area contributed by atoms with Crippen LogP contribution in [0.4, 0.5) is 5.69 Å². The molecule has 0 saturated carbocycles. The Labute approximate surface area is 143 Å². The van der Waals surface area contributed by atoms with Crippen LogP contribution in [0.15, 0.2) is 48.5 Å². The van der Waals surface area contributed by atoms with E-state index in [-0.39, 0.29) is 11.4 Å². The normalized spacial score (nSPS) is 10.5. The van der Waals surface area contributed by atoms with Gasteiger partial charge in [-0.15, -0.1) is 0 Å². The molecule has 0 atom stereocenters. The van der Waals surface area contributed by atoms with Crippen LogP contribution in [0, 0.1) is 17.0 Å². The number of aryl methyl sites for hydroxylation is 1. The number of nitrogens with zero attached hydrogens (tertiary/aromatic N) is 1. The van der Waals surface area contributed by atoms with Gasteiger partial charge in [0, 0.05) is 17.7 Å². The van der Waals surface area contributed by atoms with E-state index in [9.17, 15) is 19.7 Å². The van der Waals surface area contributed by atoms with Gasteiger partial charge in [-0.05, 0) is 42.8 Å². The Morgan fingerprint density at radius 1 is 1.12 bits per heavy atom. The largest absolute Gasteiger partial charge is 0.465 e. The van der Waals surface area contributed by atoms with Crippen LogP contribution >= 0.6 is 0 Å². The first kappa shape index (κ1) is 17.9.